The van der Waals surface area contributed by atoms with Gasteiger partial charge in [-0.05, 0) is 49.5 Å². The van der Waals surface area contributed by atoms with E-state index in [4.69, 9.17) is 11.6 Å². The summed E-state index contributed by atoms with van der Waals surface area (Å²) in [4.78, 5) is 25.9. The van der Waals surface area contributed by atoms with Crippen LogP contribution in [0.25, 0.3) is 0 Å². The third kappa shape index (κ3) is 3.65. The van der Waals surface area contributed by atoms with Crippen LogP contribution in [0.15, 0.2) is 18.2 Å². The maximum Gasteiger partial charge on any atom is 0.322 e. The van der Waals surface area contributed by atoms with Gasteiger partial charge in [0.05, 0.1) is 10.7 Å². The fourth-order valence-corrected chi connectivity index (χ4v) is 3.38. The molecule has 2 aliphatic heterocycles. The van der Waals surface area contributed by atoms with Crippen molar-refractivity contribution in [2.24, 2.45) is 5.41 Å². The lowest BCUT2D eigenvalue weighted by Gasteiger charge is -2.34. The fraction of sp³-hybridized carbons (Fsp3) is 0.529. The van der Waals surface area contributed by atoms with Gasteiger partial charge in [0.2, 0.25) is 0 Å². The summed E-state index contributed by atoms with van der Waals surface area (Å²) in [5.74, 6) is -0.132. The second kappa shape index (κ2) is 6.99. The Morgan fingerprint density at radius 3 is 2.75 bits per heavy atom. The Morgan fingerprint density at radius 2 is 2.08 bits per heavy atom. The molecule has 6 nitrogen and oxygen atoms in total. The maximum atomic E-state index is 12.5. The molecule has 2 fully saturated rings. The Kier molecular flexibility index (Phi) is 4.96. The van der Waals surface area contributed by atoms with Crippen LogP contribution in [0.4, 0.5) is 10.5 Å². The highest BCUT2D eigenvalue weighted by atomic mass is 35.5. The first kappa shape index (κ1) is 17.0. The minimum atomic E-state index is -0.184. The Hall–Kier alpha value is -1.79. The summed E-state index contributed by atoms with van der Waals surface area (Å²) >= 11 is 6.21. The number of hydrogen-bond donors (Lipinski definition) is 3. The lowest BCUT2D eigenvalue weighted by Crippen LogP contribution is -2.42. The van der Waals surface area contributed by atoms with Crippen molar-refractivity contribution in [1.29, 1.82) is 0 Å². The van der Waals surface area contributed by atoms with E-state index < -0.39 is 0 Å². The maximum absolute atomic E-state index is 12.5. The standard InChI is InChI=1S/C17H23ClN4O2/c1-17(4-6-19-7-5-17)11-21-15(23)12-2-3-13(18)14(10-12)22-9-8-20-16(22)24/h2-3,10,19H,4-9,11H2,1H3,(H,20,24)(H,21,23). The topological polar surface area (TPSA) is 73.5 Å². The van der Waals surface area contributed by atoms with E-state index in [9.17, 15) is 9.59 Å². The van der Waals surface area contributed by atoms with Gasteiger partial charge >= 0.3 is 6.03 Å². The summed E-state index contributed by atoms with van der Waals surface area (Å²) < 4.78 is 0. The fourth-order valence-electron chi connectivity index (χ4n) is 3.17. The first-order valence-corrected chi connectivity index (χ1v) is 8.70. The van der Waals surface area contributed by atoms with Gasteiger partial charge in [-0.2, -0.15) is 0 Å². The monoisotopic (exact) mass is 350 g/mol. The van der Waals surface area contributed by atoms with Crippen LogP contribution in [0.5, 0.6) is 0 Å². The molecule has 0 aromatic heterocycles. The molecule has 130 valence electrons. The molecule has 24 heavy (non-hydrogen) atoms. The molecule has 2 heterocycles. The van der Waals surface area contributed by atoms with Crippen LogP contribution in [0.2, 0.25) is 5.02 Å². The van der Waals surface area contributed by atoms with E-state index >= 15 is 0 Å². The quantitative estimate of drug-likeness (QED) is 0.777. The molecule has 0 spiro atoms. The number of piperidine rings is 1. The number of amides is 3. The Balaban J connectivity index is 1.69. The third-order valence-corrected chi connectivity index (χ3v) is 5.16. The van der Waals surface area contributed by atoms with Gasteiger partial charge in [0, 0.05) is 25.2 Å². The van der Waals surface area contributed by atoms with Crippen LogP contribution < -0.4 is 20.9 Å². The normalized spacial score (nSPS) is 19.9. The third-order valence-electron chi connectivity index (χ3n) is 4.84. The predicted octanol–water partition coefficient (Wildman–Crippen LogP) is 1.99. The minimum absolute atomic E-state index is 0.130. The van der Waals surface area contributed by atoms with Gasteiger partial charge in [-0.3, -0.25) is 9.69 Å². The van der Waals surface area contributed by atoms with Crippen molar-refractivity contribution in [2.45, 2.75) is 19.8 Å². The van der Waals surface area contributed by atoms with Crippen LogP contribution in [-0.4, -0.2) is 44.7 Å². The second-order valence-corrected chi connectivity index (χ2v) is 7.20. The van der Waals surface area contributed by atoms with Crippen LogP contribution >= 0.6 is 11.6 Å². The molecule has 0 radical (unpaired) electrons. The largest absolute Gasteiger partial charge is 0.351 e. The van der Waals surface area contributed by atoms with E-state index in [1.54, 1.807) is 23.1 Å². The van der Waals surface area contributed by atoms with Crippen molar-refractivity contribution in [1.82, 2.24) is 16.0 Å². The summed E-state index contributed by atoms with van der Waals surface area (Å²) in [7, 11) is 0. The first-order valence-electron chi connectivity index (χ1n) is 8.32. The molecule has 0 bridgehead atoms. The van der Waals surface area contributed by atoms with E-state index in [-0.39, 0.29) is 17.4 Å². The van der Waals surface area contributed by atoms with Crippen molar-refractivity contribution in [3.05, 3.63) is 28.8 Å². The number of hydrogen-bond acceptors (Lipinski definition) is 3. The zero-order valence-electron chi connectivity index (χ0n) is 13.8. The Labute approximate surface area is 146 Å². The number of carbonyl (C=O) groups is 2. The van der Waals surface area contributed by atoms with Crippen LogP contribution in [-0.2, 0) is 0 Å². The second-order valence-electron chi connectivity index (χ2n) is 6.79. The molecule has 2 aliphatic rings. The van der Waals surface area contributed by atoms with Gasteiger partial charge in [0.1, 0.15) is 0 Å². The number of nitrogens with zero attached hydrogens (tertiary/aromatic N) is 1. The molecule has 7 heteroatoms. The summed E-state index contributed by atoms with van der Waals surface area (Å²) in [5, 5.41) is 9.57. The van der Waals surface area contributed by atoms with Gasteiger partial charge in [-0.25, -0.2) is 4.79 Å². The molecular weight excluding hydrogens is 328 g/mol. The summed E-state index contributed by atoms with van der Waals surface area (Å²) in [6.07, 6.45) is 2.10. The summed E-state index contributed by atoms with van der Waals surface area (Å²) in [6, 6.07) is 4.87. The number of halogens is 1. The highest BCUT2D eigenvalue weighted by Gasteiger charge is 2.28. The van der Waals surface area contributed by atoms with Crippen molar-refractivity contribution in [3.63, 3.8) is 0 Å². The van der Waals surface area contributed by atoms with Crippen molar-refractivity contribution >= 4 is 29.2 Å². The first-order chi connectivity index (χ1) is 11.5. The molecule has 3 N–H and O–H groups in total. The zero-order valence-corrected chi connectivity index (χ0v) is 14.6. The molecule has 0 atom stereocenters. The van der Waals surface area contributed by atoms with Gasteiger partial charge in [-0.1, -0.05) is 18.5 Å². The van der Waals surface area contributed by atoms with E-state index in [2.05, 4.69) is 22.9 Å². The highest BCUT2D eigenvalue weighted by molar-refractivity contribution is 6.34. The van der Waals surface area contributed by atoms with E-state index in [1.807, 2.05) is 0 Å². The van der Waals surface area contributed by atoms with E-state index in [0.717, 1.165) is 25.9 Å². The smallest absolute Gasteiger partial charge is 0.322 e. The zero-order chi connectivity index (χ0) is 17.2. The van der Waals surface area contributed by atoms with Crippen molar-refractivity contribution in [2.75, 3.05) is 37.6 Å². The average molecular weight is 351 g/mol. The lowest BCUT2D eigenvalue weighted by molar-refractivity contribution is 0.0922. The van der Waals surface area contributed by atoms with E-state index in [1.165, 1.54) is 0 Å². The number of carbonyl (C=O) groups excluding carboxylic acids is 2. The van der Waals surface area contributed by atoms with Gasteiger partial charge in [0.15, 0.2) is 0 Å². The van der Waals surface area contributed by atoms with Gasteiger partial charge < -0.3 is 16.0 Å². The Morgan fingerprint density at radius 1 is 1.33 bits per heavy atom. The molecule has 1 aromatic rings. The number of benzene rings is 1. The summed E-state index contributed by atoms with van der Waals surface area (Å²) in [6.45, 7) is 5.96. The molecular formula is C17H23ClN4O2. The Bertz CT molecular complexity index is 643. The highest BCUT2D eigenvalue weighted by Crippen LogP contribution is 2.29. The van der Waals surface area contributed by atoms with Crippen molar-refractivity contribution < 1.29 is 9.59 Å². The minimum Gasteiger partial charge on any atom is -0.351 e. The summed E-state index contributed by atoms with van der Waals surface area (Å²) in [5.41, 5.74) is 1.23. The van der Waals surface area contributed by atoms with Crippen LogP contribution in [0, 0.1) is 5.41 Å². The van der Waals surface area contributed by atoms with Gasteiger partial charge in [-0.15, -0.1) is 0 Å². The van der Waals surface area contributed by atoms with Crippen molar-refractivity contribution in [3.8, 4) is 0 Å². The molecule has 0 unspecified atom stereocenters. The average Bonchev–Trinajstić information content (AvgIpc) is 3.00. The number of anilines is 1. The van der Waals surface area contributed by atoms with Crippen LogP contribution in [0.3, 0.4) is 0 Å². The van der Waals surface area contributed by atoms with E-state index in [0.29, 0.717) is 35.9 Å². The molecule has 3 amide bonds. The molecule has 1 aromatic carbocycles. The van der Waals surface area contributed by atoms with Gasteiger partial charge in [0.25, 0.3) is 5.91 Å². The number of urea groups is 1. The molecule has 2 saturated heterocycles. The molecule has 0 aliphatic carbocycles. The predicted molar refractivity (Wildman–Crippen MR) is 94.7 cm³/mol. The lowest BCUT2D eigenvalue weighted by atomic mass is 9.81. The SMILES string of the molecule is CC1(CNC(=O)c2ccc(Cl)c(N3CCNC3=O)c2)CCNCC1. The van der Waals surface area contributed by atoms with Crippen LogP contribution in [0.1, 0.15) is 30.1 Å². The number of nitrogens with one attached hydrogen (secondary N) is 3. The molecule has 3 rings (SSSR count). The number of rotatable bonds is 4. The molecule has 0 saturated carbocycles.